The first-order chi connectivity index (χ1) is 6.66. The van der Waals surface area contributed by atoms with Crippen molar-refractivity contribution in [2.75, 3.05) is 5.75 Å². The van der Waals surface area contributed by atoms with Gasteiger partial charge in [-0.25, -0.2) is 4.98 Å². The number of rotatable bonds is 3. The summed E-state index contributed by atoms with van der Waals surface area (Å²) in [5.41, 5.74) is 0.106. The fourth-order valence-electron chi connectivity index (χ4n) is 1.69. The van der Waals surface area contributed by atoms with E-state index in [1.165, 1.54) is 0 Å². The van der Waals surface area contributed by atoms with Gasteiger partial charge in [0.25, 0.3) is 0 Å². The molecule has 0 spiro atoms. The molecule has 1 unspecified atom stereocenters. The molecule has 0 N–H and O–H groups in total. The van der Waals surface area contributed by atoms with Crippen molar-refractivity contribution in [3.8, 4) is 0 Å². The van der Waals surface area contributed by atoms with Gasteiger partial charge in [-0.1, -0.05) is 6.07 Å². The van der Waals surface area contributed by atoms with Crippen molar-refractivity contribution in [1.82, 2.24) is 4.98 Å². The normalized spacial score (nSPS) is 24.3. The summed E-state index contributed by atoms with van der Waals surface area (Å²) < 4.78 is 5.70. The smallest absolute Gasteiger partial charge is 0.0960 e. The molecule has 1 fully saturated rings. The molecule has 0 bridgehead atoms. The van der Waals surface area contributed by atoms with Crippen LogP contribution in [0.5, 0.6) is 0 Å². The van der Waals surface area contributed by atoms with Gasteiger partial charge in [0.05, 0.1) is 16.7 Å². The van der Waals surface area contributed by atoms with Gasteiger partial charge in [-0.3, -0.25) is 0 Å². The van der Waals surface area contributed by atoms with E-state index in [4.69, 9.17) is 4.74 Å². The summed E-state index contributed by atoms with van der Waals surface area (Å²) in [6.45, 7) is 4.27. The summed E-state index contributed by atoms with van der Waals surface area (Å²) >= 11 is 1.77. The largest absolute Gasteiger partial charge is 0.371 e. The van der Waals surface area contributed by atoms with Gasteiger partial charge in [-0.05, 0) is 26.0 Å². The lowest BCUT2D eigenvalue weighted by molar-refractivity contribution is -0.172. The van der Waals surface area contributed by atoms with E-state index in [9.17, 15) is 0 Å². The third-order valence-corrected chi connectivity index (χ3v) is 3.34. The van der Waals surface area contributed by atoms with E-state index in [0.29, 0.717) is 6.10 Å². The summed E-state index contributed by atoms with van der Waals surface area (Å²) in [5, 5.41) is 1.08. The maximum atomic E-state index is 5.70. The summed E-state index contributed by atoms with van der Waals surface area (Å²) in [4.78, 5) is 4.25. The predicted octanol–water partition coefficient (Wildman–Crippen LogP) is 2.74. The van der Waals surface area contributed by atoms with Crippen LogP contribution in [0.2, 0.25) is 0 Å². The summed E-state index contributed by atoms with van der Waals surface area (Å²) in [5.74, 6) is 1.01. The van der Waals surface area contributed by atoms with Crippen molar-refractivity contribution in [1.29, 1.82) is 0 Å². The molecule has 1 saturated heterocycles. The molecule has 1 aromatic rings. The van der Waals surface area contributed by atoms with Crippen molar-refractivity contribution >= 4 is 11.8 Å². The first kappa shape index (κ1) is 9.99. The summed E-state index contributed by atoms with van der Waals surface area (Å²) in [7, 11) is 0. The quantitative estimate of drug-likeness (QED) is 0.715. The van der Waals surface area contributed by atoms with Crippen molar-refractivity contribution in [2.45, 2.75) is 37.0 Å². The first-order valence-electron chi connectivity index (χ1n) is 4.87. The van der Waals surface area contributed by atoms with E-state index in [0.717, 1.165) is 17.2 Å². The van der Waals surface area contributed by atoms with Crippen LogP contribution in [-0.4, -0.2) is 22.4 Å². The number of nitrogens with zero attached hydrogens (tertiary/aromatic N) is 1. The number of aromatic nitrogens is 1. The summed E-state index contributed by atoms with van der Waals surface area (Å²) in [6.07, 6.45) is 3.40. The Kier molecular flexibility index (Phi) is 2.79. The highest BCUT2D eigenvalue weighted by molar-refractivity contribution is 7.99. The molecule has 3 heteroatoms. The maximum absolute atomic E-state index is 5.70. The Morgan fingerprint density at radius 2 is 2.36 bits per heavy atom. The van der Waals surface area contributed by atoms with Gasteiger partial charge in [-0.2, -0.15) is 0 Å². The Morgan fingerprint density at radius 1 is 1.57 bits per heavy atom. The van der Waals surface area contributed by atoms with Gasteiger partial charge >= 0.3 is 0 Å². The van der Waals surface area contributed by atoms with E-state index in [1.807, 2.05) is 24.4 Å². The molecule has 1 atom stereocenters. The highest BCUT2D eigenvalue weighted by atomic mass is 32.2. The molecular weight excluding hydrogens is 194 g/mol. The van der Waals surface area contributed by atoms with E-state index < -0.39 is 0 Å². The Hall–Kier alpha value is -0.540. The lowest BCUT2D eigenvalue weighted by Gasteiger charge is -2.42. The maximum Gasteiger partial charge on any atom is 0.0960 e. The van der Waals surface area contributed by atoms with Crippen LogP contribution in [-0.2, 0) is 4.74 Å². The van der Waals surface area contributed by atoms with Gasteiger partial charge in [0.2, 0.25) is 0 Å². The van der Waals surface area contributed by atoms with Crippen LogP contribution in [0.25, 0.3) is 0 Å². The van der Waals surface area contributed by atoms with E-state index in [2.05, 4.69) is 18.8 Å². The molecule has 2 rings (SSSR count). The second kappa shape index (κ2) is 3.91. The molecule has 1 aliphatic heterocycles. The Bertz CT molecular complexity index is 291. The minimum absolute atomic E-state index is 0.106. The van der Waals surface area contributed by atoms with Crippen LogP contribution in [0, 0.1) is 0 Å². The molecule has 14 heavy (non-hydrogen) atoms. The Morgan fingerprint density at radius 3 is 2.93 bits per heavy atom. The van der Waals surface area contributed by atoms with Crippen molar-refractivity contribution in [3.05, 3.63) is 24.4 Å². The fraction of sp³-hybridized carbons (Fsp3) is 0.545. The molecule has 2 heterocycles. The standard InChI is InChI=1S/C11H15NOS/c1-11(2)7-9(13-11)8-14-10-5-3-4-6-12-10/h3-6,9H,7-8H2,1-2H3. The lowest BCUT2D eigenvalue weighted by Crippen LogP contribution is -2.46. The van der Waals surface area contributed by atoms with E-state index in [-0.39, 0.29) is 5.60 Å². The van der Waals surface area contributed by atoms with E-state index in [1.54, 1.807) is 11.8 Å². The van der Waals surface area contributed by atoms with E-state index >= 15 is 0 Å². The number of ether oxygens (including phenoxy) is 1. The zero-order chi connectivity index (χ0) is 10.0. The highest BCUT2D eigenvalue weighted by Gasteiger charge is 2.36. The third kappa shape index (κ3) is 2.49. The second-order valence-electron chi connectivity index (χ2n) is 4.18. The Balaban J connectivity index is 1.75. The zero-order valence-electron chi connectivity index (χ0n) is 8.56. The van der Waals surface area contributed by atoms with Gasteiger partial charge in [0.15, 0.2) is 0 Å². The first-order valence-corrected chi connectivity index (χ1v) is 5.86. The average molecular weight is 209 g/mol. The molecule has 0 saturated carbocycles. The van der Waals surface area contributed by atoms with Gasteiger partial charge in [-0.15, -0.1) is 11.8 Å². The molecule has 0 radical (unpaired) electrons. The van der Waals surface area contributed by atoms with Crippen LogP contribution in [0.15, 0.2) is 29.4 Å². The molecular formula is C11H15NOS. The third-order valence-electron chi connectivity index (χ3n) is 2.26. The van der Waals surface area contributed by atoms with Gasteiger partial charge in [0.1, 0.15) is 0 Å². The second-order valence-corrected chi connectivity index (χ2v) is 5.22. The topological polar surface area (TPSA) is 22.1 Å². The fourth-order valence-corrected chi connectivity index (χ4v) is 2.55. The Labute approximate surface area is 89.1 Å². The number of hydrogen-bond donors (Lipinski definition) is 0. The molecule has 0 amide bonds. The summed E-state index contributed by atoms with van der Waals surface area (Å²) in [6, 6.07) is 5.99. The van der Waals surface area contributed by atoms with Gasteiger partial charge in [0, 0.05) is 18.4 Å². The average Bonchev–Trinajstić information content (AvgIpc) is 2.13. The van der Waals surface area contributed by atoms with Crippen molar-refractivity contribution in [3.63, 3.8) is 0 Å². The van der Waals surface area contributed by atoms with Crippen LogP contribution in [0.4, 0.5) is 0 Å². The molecule has 0 aliphatic carbocycles. The molecule has 1 aromatic heterocycles. The number of thioether (sulfide) groups is 1. The molecule has 76 valence electrons. The number of hydrogen-bond acceptors (Lipinski definition) is 3. The SMILES string of the molecule is CC1(C)CC(CSc2ccccn2)O1. The molecule has 0 aromatic carbocycles. The lowest BCUT2D eigenvalue weighted by atomic mass is 9.94. The van der Waals surface area contributed by atoms with Gasteiger partial charge < -0.3 is 4.74 Å². The minimum atomic E-state index is 0.106. The van der Waals surface area contributed by atoms with Crippen LogP contribution < -0.4 is 0 Å². The minimum Gasteiger partial charge on any atom is -0.371 e. The van der Waals surface area contributed by atoms with Crippen molar-refractivity contribution < 1.29 is 4.74 Å². The predicted molar refractivity (Wildman–Crippen MR) is 58.5 cm³/mol. The highest BCUT2D eigenvalue weighted by Crippen LogP contribution is 2.34. The number of pyridine rings is 1. The van der Waals surface area contributed by atoms with Crippen LogP contribution in [0.3, 0.4) is 0 Å². The molecule has 2 nitrogen and oxygen atoms in total. The van der Waals surface area contributed by atoms with Crippen LogP contribution in [0.1, 0.15) is 20.3 Å². The zero-order valence-corrected chi connectivity index (χ0v) is 9.38. The molecule has 1 aliphatic rings. The van der Waals surface area contributed by atoms with Crippen LogP contribution >= 0.6 is 11.8 Å². The monoisotopic (exact) mass is 209 g/mol. The van der Waals surface area contributed by atoms with Crippen molar-refractivity contribution in [2.24, 2.45) is 0 Å².